The monoisotopic (exact) mass is 363 g/mol. The second-order valence-corrected chi connectivity index (χ2v) is 8.32. The molecule has 0 bridgehead atoms. The van der Waals surface area contributed by atoms with E-state index < -0.39 is 0 Å². The Labute approximate surface area is 161 Å². The van der Waals surface area contributed by atoms with Gasteiger partial charge in [0, 0.05) is 6.42 Å². The van der Waals surface area contributed by atoms with E-state index in [0.29, 0.717) is 18.8 Å². The lowest BCUT2D eigenvalue weighted by molar-refractivity contribution is -0.134. The van der Waals surface area contributed by atoms with Gasteiger partial charge < -0.3 is 0 Å². The summed E-state index contributed by atoms with van der Waals surface area (Å²) in [6.07, 6.45) is 17.0. The Kier molecular flexibility index (Phi) is 5.56. The lowest BCUT2D eigenvalue weighted by atomic mass is 9.88. The van der Waals surface area contributed by atoms with E-state index in [1.165, 1.54) is 50.5 Å². The fourth-order valence-corrected chi connectivity index (χ4v) is 4.83. The van der Waals surface area contributed by atoms with Crippen LogP contribution in [0.5, 0.6) is 0 Å². The van der Waals surface area contributed by atoms with Gasteiger partial charge in [-0.15, -0.1) is 0 Å². The van der Waals surface area contributed by atoms with E-state index in [9.17, 15) is 9.59 Å². The van der Waals surface area contributed by atoms with Gasteiger partial charge in [0.1, 0.15) is 0 Å². The van der Waals surface area contributed by atoms with Gasteiger partial charge in [-0.25, -0.2) is 0 Å². The minimum atomic E-state index is -0.181. The zero-order chi connectivity index (χ0) is 18.6. The minimum absolute atomic E-state index is 0.150. The maximum absolute atomic E-state index is 12.1. The van der Waals surface area contributed by atoms with Gasteiger partial charge in [0.2, 0.25) is 11.8 Å². The predicted octanol–water partition coefficient (Wildman–Crippen LogP) is 5.15. The molecule has 1 aromatic rings. The molecule has 142 valence electrons. The summed E-state index contributed by atoms with van der Waals surface area (Å²) in [5, 5.41) is 2.46. The van der Waals surface area contributed by atoms with E-state index in [1.807, 2.05) is 0 Å². The number of imide groups is 1. The van der Waals surface area contributed by atoms with Crippen LogP contribution in [-0.4, -0.2) is 11.8 Å². The van der Waals surface area contributed by atoms with Crippen LogP contribution in [-0.2, 0) is 9.59 Å². The third-order valence-corrected chi connectivity index (χ3v) is 6.42. The zero-order valence-corrected chi connectivity index (χ0v) is 16.0. The van der Waals surface area contributed by atoms with E-state index in [-0.39, 0.29) is 17.7 Å². The molecule has 27 heavy (non-hydrogen) atoms. The number of carbonyl (C=O) groups excluding carboxylic acids is 2. The molecule has 1 aliphatic heterocycles. The van der Waals surface area contributed by atoms with Gasteiger partial charge in [-0.2, -0.15) is 0 Å². The van der Waals surface area contributed by atoms with E-state index in [0.717, 1.165) is 11.5 Å². The Morgan fingerprint density at radius 2 is 1.56 bits per heavy atom. The van der Waals surface area contributed by atoms with Crippen molar-refractivity contribution in [2.24, 2.45) is 5.92 Å². The van der Waals surface area contributed by atoms with Crippen LogP contribution in [0.4, 0.5) is 0 Å². The molecular weight excluding hydrogens is 334 g/mol. The topological polar surface area (TPSA) is 46.2 Å². The summed E-state index contributed by atoms with van der Waals surface area (Å²) < 4.78 is 0. The van der Waals surface area contributed by atoms with Crippen molar-refractivity contribution in [3.05, 3.63) is 59.2 Å². The second-order valence-electron chi connectivity index (χ2n) is 8.32. The van der Waals surface area contributed by atoms with Crippen LogP contribution in [0.25, 0.3) is 0 Å². The molecule has 3 aliphatic rings. The zero-order valence-electron chi connectivity index (χ0n) is 16.0. The normalized spacial score (nSPS) is 28.4. The molecule has 3 nitrogen and oxygen atoms in total. The summed E-state index contributed by atoms with van der Waals surface area (Å²) in [5.41, 5.74) is 4.06. The number of hydrogen-bond acceptors (Lipinski definition) is 2. The van der Waals surface area contributed by atoms with Crippen LogP contribution in [0.15, 0.2) is 48.1 Å². The molecule has 2 atom stereocenters. The van der Waals surface area contributed by atoms with E-state index in [1.54, 1.807) is 5.57 Å². The first kappa shape index (κ1) is 18.2. The van der Waals surface area contributed by atoms with Gasteiger partial charge in [0.25, 0.3) is 0 Å². The maximum Gasteiger partial charge on any atom is 0.234 e. The third-order valence-electron chi connectivity index (χ3n) is 6.42. The highest BCUT2D eigenvalue weighted by Crippen LogP contribution is 2.39. The van der Waals surface area contributed by atoms with Crippen LogP contribution in [0.3, 0.4) is 0 Å². The van der Waals surface area contributed by atoms with Crippen molar-refractivity contribution in [2.45, 2.75) is 69.6 Å². The van der Waals surface area contributed by atoms with Crippen molar-refractivity contribution in [3.63, 3.8) is 0 Å². The summed E-state index contributed by atoms with van der Waals surface area (Å²) in [4.78, 5) is 23.4. The molecule has 2 unspecified atom stereocenters. The average molecular weight is 364 g/mol. The molecule has 3 heteroatoms. The Morgan fingerprint density at radius 3 is 2.26 bits per heavy atom. The molecule has 1 saturated heterocycles. The number of hydrogen-bond donors (Lipinski definition) is 1. The molecule has 1 aromatic carbocycles. The van der Waals surface area contributed by atoms with Crippen molar-refractivity contribution >= 4 is 11.8 Å². The van der Waals surface area contributed by atoms with Crippen molar-refractivity contribution in [2.75, 3.05) is 0 Å². The molecule has 0 aromatic heterocycles. The number of allylic oxidation sites excluding steroid dienone is 4. The van der Waals surface area contributed by atoms with Crippen molar-refractivity contribution in [1.29, 1.82) is 0 Å². The summed E-state index contributed by atoms with van der Waals surface area (Å²) in [6.45, 7) is 0. The highest BCUT2D eigenvalue weighted by atomic mass is 16.2. The van der Waals surface area contributed by atoms with Gasteiger partial charge in [-0.05, 0) is 74.3 Å². The highest BCUT2D eigenvalue weighted by Gasteiger charge is 2.28. The summed E-state index contributed by atoms with van der Waals surface area (Å²) in [6, 6.07) is 8.58. The smallest absolute Gasteiger partial charge is 0.234 e. The van der Waals surface area contributed by atoms with Crippen molar-refractivity contribution in [3.8, 4) is 0 Å². The predicted molar refractivity (Wildman–Crippen MR) is 107 cm³/mol. The largest absolute Gasteiger partial charge is 0.296 e. The first-order valence-electron chi connectivity index (χ1n) is 10.5. The molecule has 1 saturated carbocycles. The molecule has 0 spiro atoms. The number of carbonyl (C=O) groups is 2. The van der Waals surface area contributed by atoms with Gasteiger partial charge >= 0.3 is 0 Å². The van der Waals surface area contributed by atoms with Crippen LogP contribution in [0.1, 0.15) is 80.8 Å². The van der Waals surface area contributed by atoms with Crippen molar-refractivity contribution < 1.29 is 9.59 Å². The van der Waals surface area contributed by atoms with E-state index in [2.05, 4.69) is 47.8 Å². The molecule has 2 aliphatic carbocycles. The van der Waals surface area contributed by atoms with Gasteiger partial charge in [-0.1, -0.05) is 48.1 Å². The lowest BCUT2D eigenvalue weighted by Gasteiger charge is -2.21. The van der Waals surface area contributed by atoms with Crippen LogP contribution in [0.2, 0.25) is 0 Å². The number of nitrogens with one attached hydrogen (secondary N) is 1. The Morgan fingerprint density at radius 1 is 0.852 bits per heavy atom. The molecule has 2 amide bonds. The molecule has 4 rings (SSSR count). The Hall–Kier alpha value is -2.16. The average Bonchev–Trinajstić information content (AvgIpc) is 2.97. The van der Waals surface area contributed by atoms with Crippen LogP contribution in [0, 0.1) is 5.92 Å². The molecule has 0 radical (unpaired) electrons. The number of amides is 2. The third kappa shape index (κ3) is 4.40. The molecule has 1 N–H and O–H groups in total. The highest BCUT2D eigenvalue weighted by molar-refractivity contribution is 6.00. The number of benzene rings is 1. The number of piperidine rings is 1. The van der Waals surface area contributed by atoms with Gasteiger partial charge in [0.05, 0.1) is 5.92 Å². The van der Waals surface area contributed by atoms with Gasteiger partial charge in [-0.3, -0.25) is 14.9 Å². The van der Waals surface area contributed by atoms with Crippen LogP contribution >= 0.6 is 0 Å². The quantitative estimate of drug-likeness (QED) is 0.596. The lowest BCUT2D eigenvalue weighted by Crippen LogP contribution is -2.39. The fourth-order valence-electron chi connectivity index (χ4n) is 4.83. The molecular formula is C24H29NO2. The standard InChI is InChI=1S/C24H29NO2/c26-23-14-13-22(24(27)25-23)20-11-9-19(10-12-20)21-8-7-18(16-21)15-17-5-3-1-2-4-6-17/h1-2,9-12,15,17,21-22H,3-8,13-14,16H2,(H,25,26,27). The first-order chi connectivity index (χ1) is 13.2. The summed E-state index contributed by atoms with van der Waals surface area (Å²) >= 11 is 0. The number of rotatable bonds is 3. The summed E-state index contributed by atoms with van der Waals surface area (Å²) in [5.74, 6) is 0.879. The Bertz CT molecular complexity index is 749. The Balaban J connectivity index is 1.38. The maximum atomic E-state index is 12.1. The van der Waals surface area contributed by atoms with E-state index in [4.69, 9.17) is 0 Å². The van der Waals surface area contributed by atoms with E-state index >= 15 is 0 Å². The molecule has 2 fully saturated rings. The fraction of sp³-hybridized carbons (Fsp3) is 0.500. The second kappa shape index (κ2) is 8.24. The minimum Gasteiger partial charge on any atom is -0.296 e. The van der Waals surface area contributed by atoms with Gasteiger partial charge in [0.15, 0.2) is 0 Å². The van der Waals surface area contributed by atoms with Crippen LogP contribution < -0.4 is 5.32 Å². The molecule has 1 heterocycles. The SMILES string of the molecule is O=C1CCC(c2ccc(C3CCC(=CC4CCC=CCC4)C3)cc2)C(=O)N1. The van der Waals surface area contributed by atoms with Crippen molar-refractivity contribution in [1.82, 2.24) is 5.32 Å². The summed E-state index contributed by atoms with van der Waals surface area (Å²) in [7, 11) is 0. The first-order valence-corrected chi connectivity index (χ1v) is 10.5.